The van der Waals surface area contributed by atoms with Crippen molar-refractivity contribution < 1.29 is 19.1 Å². The van der Waals surface area contributed by atoms with Gasteiger partial charge in [-0.3, -0.25) is 9.59 Å². The van der Waals surface area contributed by atoms with Crippen LogP contribution >= 0.6 is 0 Å². The van der Waals surface area contributed by atoms with Crippen molar-refractivity contribution >= 4 is 11.9 Å². The van der Waals surface area contributed by atoms with Gasteiger partial charge in [0.1, 0.15) is 13.2 Å². The van der Waals surface area contributed by atoms with Gasteiger partial charge in [-0.15, -0.1) is 0 Å². The molecule has 0 atom stereocenters. The SMILES string of the molecule is C=CCOC(=O)C1(C2(C(=O)OCC=C)CCCCCCCCC2)CCCCCCCCC1. The van der Waals surface area contributed by atoms with E-state index < -0.39 is 10.8 Å². The van der Waals surface area contributed by atoms with Gasteiger partial charge in [0.25, 0.3) is 0 Å². The van der Waals surface area contributed by atoms with Gasteiger partial charge in [-0.2, -0.15) is 0 Å². The molecule has 0 aliphatic heterocycles. The average molecular weight is 447 g/mol. The Hall–Kier alpha value is -1.58. The highest BCUT2D eigenvalue weighted by Crippen LogP contribution is 2.55. The molecule has 0 spiro atoms. The van der Waals surface area contributed by atoms with Crippen LogP contribution in [-0.2, 0) is 19.1 Å². The lowest BCUT2D eigenvalue weighted by Gasteiger charge is -2.48. The number of hydrogen-bond acceptors (Lipinski definition) is 4. The molecule has 0 aromatic carbocycles. The third-order valence-electron chi connectivity index (χ3n) is 7.78. The maximum Gasteiger partial charge on any atom is 0.313 e. The lowest BCUT2D eigenvalue weighted by atomic mass is 9.54. The van der Waals surface area contributed by atoms with E-state index in [0.29, 0.717) is 25.7 Å². The van der Waals surface area contributed by atoms with Crippen molar-refractivity contribution in [2.24, 2.45) is 10.8 Å². The van der Waals surface area contributed by atoms with Crippen LogP contribution in [0.3, 0.4) is 0 Å². The fourth-order valence-electron chi connectivity index (χ4n) is 6.03. The van der Waals surface area contributed by atoms with E-state index in [1.54, 1.807) is 12.2 Å². The first-order valence-corrected chi connectivity index (χ1v) is 13.2. The molecular formula is C28H46O4. The number of ether oxygens (including phenoxy) is 2. The largest absolute Gasteiger partial charge is 0.461 e. The Bertz CT molecular complexity index is 522. The monoisotopic (exact) mass is 446 g/mol. The van der Waals surface area contributed by atoms with Crippen LogP contribution in [0.5, 0.6) is 0 Å². The second kappa shape index (κ2) is 14.5. The van der Waals surface area contributed by atoms with Crippen LogP contribution in [0.2, 0.25) is 0 Å². The molecule has 0 aromatic heterocycles. The lowest BCUT2D eigenvalue weighted by Crippen LogP contribution is -2.54. The smallest absolute Gasteiger partial charge is 0.313 e. The third-order valence-corrected chi connectivity index (χ3v) is 7.78. The molecule has 0 radical (unpaired) electrons. The predicted octanol–water partition coefficient (Wildman–Crippen LogP) is 7.47. The molecule has 0 amide bonds. The minimum absolute atomic E-state index is 0.193. The molecule has 2 fully saturated rings. The molecule has 4 nitrogen and oxygen atoms in total. The molecule has 0 bridgehead atoms. The molecule has 2 rings (SSSR count). The van der Waals surface area contributed by atoms with Crippen molar-refractivity contribution in [1.29, 1.82) is 0 Å². The molecule has 4 heteroatoms. The maximum atomic E-state index is 13.9. The zero-order valence-electron chi connectivity index (χ0n) is 20.3. The standard InChI is InChI=1S/C28H46O4/c1-3-23-31-25(29)27(19-15-11-7-5-8-12-16-20-27)28(26(30)32-24-4-2)21-17-13-9-6-10-14-18-22-28/h3-4H,1-2,5-24H2. The van der Waals surface area contributed by atoms with Crippen molar-refractivity contribution in [2.45, 2.75) is 116 Å². The zero-order valence-corrected chi connectivity index (χ0v) is 20.3. The van der Waals surface area contributed by atoms with Crippen molar-refractivity contribution in [2.75, 3.05) is 13.2 Å². The number of carbonyl (C=O) groups is 2. The molecule has 0 saturated heterocycles. The highest BCUT2D eigenvalue weighted by atomic mass is 16.5. The van der Waals surface area contributed by atoms with Gasteiger partial charge >= 0.3 is 11.9 Å². The Labute approximate surface area is 196 Å². The number of hydrogen-bond donors (Lipinski definition) is 0. The molecule has 2 aliphatic carbocycles. The maximum absolute atomic E-state index is 13.9. The third kappa shape index (κ3) is 6.96. The van der Waals surface area contributed by atoms with E-state index in [4.69, 9.17) is 9.47 Å². The van der Waals surface area contributed by atoms with Crippen molar-refractivity contribution in [3.63, 3.8) is 0 Å². The van der Waals surface area contributed by atoms with Gasteiger partial charge in [0, 0.05) is 0 Å². The first kappa shape index (κ1) is 26.7. The minimum Gasteiger partial charge on any atom is -0.461 e. The Morgan fingerprint density at radius 1 is 0.531 bits per heavy atom. The molecule has 32 heavy (non-hydrogen) atoms. The van der Waals surface area contributed by atoms with Gasteiger partial charge in [-0.25, -0.2) is 0 Å². The summed E-state index contributed by atoms with van der Waals surface area (Å²) in [6.45, 7) is 7.86. The first-order valence-electron chi connectivity index (χ1n) is 13.2. The molecule has 2 saturated carbocycles. The summed E-state index contributed by atoms with van der Waals surface area (Å²) in [7, 11) is 0. The van der Waals surface area contributed by atoms with Crippen LogP contribution in [-0.4, -0.2) is 25.2 Å². The molecule has 0 N–H and O–H groups in total. The van der Waals surface area contributed by atoms with Crippen LogP contribution in [0.25, 0.3) is 0 Å². The molecule has 0 aromatic rings. The summed E-state index contributed by atoms with van der Waals surface area (Å²) in [5.41, 5.74) is -1.63. The van der Waals surface area contributed by atoms with Crippen LogP contribution in [0, 0.1) is 10.8 Å². The van der Waals surface area contributed by atoms with Crippen molar-refractivity contribution in [1.82, 2.24) is 0 Å². The van der Waals surface area contributed by atoms with Crippen LogP contribution in [0.1, 0.15) is 116 Å². The van der Waals surface area contributed by atoms with Gasteiger partial charge in [-0.05, 0) is 25.7 Å². The number of rotatable bonds is 7. The van der Waals surface area contributed by atoms with Gasteiger partial charge in [0.2, 0.25) is 0 Å². The summed E-state index contributed by atoms with van der Waals surface area (Å²) in [5, 5.41) is 0. The van der Waals surface area contributed by atoms with Crippen molar-refractivity contribution in [3.05, 3.63) is 25.3 Å². The van der Waals surface area contributed by atoms with E-state index >= 15 is 0 Å². The fourth-order valence-corrected chi connectivity index (χ4v) is 6.03. The number of esters is 2. The fraction of sp³-hybridized carbons (Fsp3) is 0.786. The second-order valence-corrected chi connectivity index (χ2v) is 9.89. The van der Waals surface area contributed by atoms with Crippen LogP contribution < -0.4 is 0 Å². The van der Waals surface area contributed by atoms with Crippen LogP contribution in [0.4, 0.5) is 0 Å². The summed E-state index contributed by atoms with van der Waals surface area (Å²) in [4.78, 5) is 27.8. The van der Waals surface area contributed by atoms with Gasteiger partial charge in [0.05, 0.1) is 10.8 Å². The summed E-state index contributed by atoms with van der Waals surface area (Å²) in [5.74, 6) is -0.406. The van der Waals surface area contributed by atoms with E-state index in [9.17, 15) is 9.59 Å². The summed E-state index contributed by atoms with van der Waals surface area (Å²) >= 11 is 0. The molecule has 182 valence electrons. The van der Waals surface area contributed by atoms with E-state index in [-0.39, 0.29) is 25.2 Å². The normalized spacial score (nSPS) is 22.6. The summed E-state index contributed by atoms with van der Waals surface area (Å²) < 4.78 is 11.6. The Morgan fingerprint density at radius 3 is 1.03 bits per heavy atom. The van der Waals surface area contributed by atoms with E-state index in [2.05, 4.69) is 13.2 Å². The topological polar surface area (TPSA) is 52.6 Å². The lowest BCUT2D eigenvalue weighted by molar-refractivity contribution is -0.185. The van der Waals surface area contributed by atoms with Gasteiger partial charge in [0.15, 0.2) is 0 Å². The molecule has 0 unspecified atom stereocenters. The van der Waals surface area contributed by atoms with E-state index in [0.717, 1.165) is 51.4 Å². The van der Waals surface area contributed by atoms with E-state index in [1.165, 1.54) is 38.5 Å². The van der Waals surface area contributed by atoms with Gasteiger partial charge < -0.3 is 9.47 Å². The number of carbonyl (C=O) groups excluding carboxylic acids is 2. The minimum atomic E-state index is -0.815. The second-order valence-electron chi connectivity index (χ2n) is 9.89. The Morgan fingerprint density at radius 2 is 0.781 bits per heavy atom. The van der Waals surface area contributed by atoms with Crippen molar-refractivity contribution in [3.8, 4) is 0 Å². The molecule has 2 aliphatic rings. The van der Waals surface area contributed by atoms with Crippen LogP contribution in [0.15, 0.2) is 25.3 Å². The highest BCUT2D eigenvalue weighted by Gasteiger charge is 2.60. The Kier molecular flexibility index (Phi) is 12.1. The zero-order chi connectivity index (χ0) is 23.1. The van der Waals surface area contributed by atoms with Gasteiger partial charge in [-0.1, -0.05) is 115 Å². The first-order chi connectivity index (χ1) is 15.6. The quantitative estimate of drug-likeness (QED) is 0.301. The summed E-state index contributed by atoms with van der Waals surface area (Å²) in [6.07, 6.45) is 21.7. The molecule has 0 heterocycles. The van der Waals surface area contributed by atoms with E-state index in [1.807, 2.05) is 0 Å². The summed E-state index contributed by atoms with van der Waals surface area (Å²) in [6, 6.07) is 0. The molecular weight excluding hydrogens is 400 g/mol. The predicted molar refractivity (Wildman–Crippen MR) is 130 cm³/mol. The Balaban J connectivity index is 2.54. The average Bonchev–Trinajstić information content (AvgIpc) is 2.82. The highest BCUT2D eigenvalue weighted by molar-refractivity contribution is 5.88.